The summed E-state index contributed by atoms with van der Waals surface area (Å²) in [6, 6.07) is 5.08. The average Bonchev–Trinajstić information content (AvgIpc) is 2.87. The highest BCUT2D eigenvalue weighted by molar-refractivity contribution is 5.99. The lowest BCUT2D eigenvalue weighted by atomic mass is 10.1. The van der Waals surface area contributed by atoms with Gasteiger partial charge in [0.2, 0.25) is 5.91 Å². The van der Waals surface area contributed by atoms with E-state index in [4.69, 9.17) is 16.2 Å². The molecule has 0 spiro atoms. The van der Waals surface area contributed by atoms with Crippen LogP contribution < -0.4 is 16.4 Å². The Hall–Kier alpha value is -2.24. The first kappa shape index (κ1) is 13.2. The Morgan fingerprint density at radius 1 is 1.42 bits per heavy atom. The molecule has 0 radical (unpaired) electrons. The van der Waals surface area contributed by atoms with Gasteiger partial charge in [-0.3, -0.25) is 4.79 Å². The van der Waals surface area contributed by atoms with Crippen LogP contribution in [0.5, 0.6) is 0 Å². The minimum absolute atomic E-state index is 0.204. The Morgan fingerprint density at radius 3 is 2.74 bits per heavy atom. The second-order valence-electron chi connectivity index (χ2n) is 4.57. The summed E-state index contributed by atoms with van der Waals surface area (Å²) in [6.07, 6.45) is 0.671. The van der Waals surface area contributed by atoms with E-state index in [1.807, 2.05) is 4.90 Å². The molecule has 0 aromatic heterocycles. The quantitative estimate of drug-likeness (QED) is 0.606. The molecule has 1 aliphatic rings. The van der Waals surface area contributed by atoms with Gasteiger partial charge in [0.25, 0.3) is 0 Å². The zero-order chi connectivity index (χ0) is 14.0. The molecule has 0 bridgehead atoms. The summed E-state index contributed by atoms with van der Waals surface area (Å²) < 4.78 is 4.75. The van der Waals surface area contributed by atoms with Crippen LogP contribution >= 0.6 is 0 Å². The molecule has 6 nitrogen and oxygen atoms in total. The number of anilines is 2. The van der Waals surface area contributed by atoms with Crippen molar-refractivity contribution >= 4 is 23.3 Å². The number of rotatable bonds is 3. The van der Waals surface area contributed by atoms with Gasteiger partial charge in [-0.05, 0) is 18.6 Å². The fourth-order valence-corrected chi connectivity index (χ4v) is 2.38. The van der Waals surface area contributed by atoms with Crippen molar-refractivity contribution in [2.24, 2.45) is 11.7 Å². The SMILES string of the molecule is COC(=O)c1cccc(N)c1N1CCC(C(N)=O)C1. The van der Waals surface area contributed by atoms with Crippen molar-refractivity contribution < 1.29 is 14.3 Å². The highest BCUT2D eigenvalue weighted by atomic mass is 16.5. The summed E-state index contributed by atoms with van der Waals surface area (Å²) in [7, 11) is 1.32. The molecule has 1 saturated heterocycles. The number of nitrogen functional groups attached to an aromatic ring is 1. The molecule has 1 aliphatic heterocycles. The van der Waals surface area contributed by atoms with Crippen molar-refractivity contribution in [2.75, 3.05) is 30.8 Å². The highest BCUT2D eigenvalue weighted by Gasteiger charge is 2.30. The lowest BCUT2D eigenvalue weighted by Crippen LogP contribution is -2.28. The summed E-state index contributed by atoms with van der Waals surface area (Å²) in [5, 5.41) is 0. The molecule has 0 aliphatic carbocycles. The number of hydrogen-bond donors (Lipinski definition) is 2. The van der Waals surface area contributed by atoms with Crippen LogP contribution in [-0.2, 0) is 9.53 Å². The number of nitrogens with zero attached hydrogens (tertiary/aromatic N) is 1. The largest absolute Gasteiger partial charge is 0.465 e. The standard InChI is InChI=1S/C13H17N3O3/c1-19-13(18)9-3-2-4-10(14)11(9)16-6-5-8(7-16)12(15)17/h2-4,8H,5-7,14H2,1H3,(H2,15,17). The Labute approximate surface area is 111 Å². The molecule has 1 fully saturated rings. The minimum atomic E-state index is -0.440. The molecule has 2 rings (SSSR count). The van der Waals surface area contributed by atoms with Gasteiger partial charge in [0, 0.05) is 13.1 Å². The van der Waals surface area contributed by atoms with E-state index in [0.717, 1.165) is 0 Å². The van der Waals surface area contributed by atoms with E-state index in [-0.39, 0.29) is 11.8 Å². The second-order valence-corrected chi connectivity index (χ2v) is 4.57. The summed E-state index contributed by atoms with van der Waals surface area (Å²) in [5.41, 5.74) is 12.8. The zero-order valence-electron chi connectivity index (χ0n) is 10.8. The first-order chi connectivity index (χ1) is 9.04. The number of nitrogens with two attached hydrogens (primary N) is 2. The van der Waals surface area contributed by atoms with Gasteiger partial charge in [0.15, 0.2) is 0 Å². The van der Waals surface area contributed by atoms with Crippen molar-refractivity contribution in [3.63, 3.8) is 0 Å². The van der Waals surface area contributed by atoms with Crippen LogP contribution in [0.2, 0.25) is 0 Å². The highest BCUT2D eigenvalue weighted by Crippen LogP contribution is 2.32. The number of primary amides is 1. The molecule has 19 heavy (non-hydrogen) atoms. The lowest BCUT2D eigenvalue weighted by molar-refractivity contribution is -0.121. The summed E-state index contributed by atoms with van der Waals surface area (Å²) in [6.45, 7) is 1.12. The molecule has 6 heteroatoms. The number of methoxy groups -OCH3 is 1. The molecule has 1 amide bonds. The van der Waals surface area contributed by atoms with Crippen LogP contribution in [0.3, 0.4) is 0 Å². The van der Waals surface area contributed by atoms with Crippen molar-refractivity contribution in [2.45, 2.75) is 6.42 Å². The number of carbonyl (C=O) groups is 2. The first-order valence-electron chi connectivity index (χ1n) is 6.05. The van der Waals surface area contributed by atoms with Gasteiger partial charge in [-0.15, -0.1) is 0 Å². The van der Waals surface area contributed by atoms with E-state index in [1.54, 1.807) is 18.2 Å². The minimum Gasteiger partial charge on any atom is -0.465 e. The van der Waals surface area contributed by atoms with E-state index in [9.17, 15) is 9.59 Å². The van der Waals surface area contributed by atoms with Crippen molar-refractivity contribution in [1.29, 1.82) is 0 Å². The number of carbonyl (C=O) groups excluding carboxylic acids is 2. The smallest absolute Gasteiger partial charge is 0.340 e. The van der Waals surface area contributed by atoms with Crippen molar-refractivity contribution in [1.82, 2.24) is 0 Å². The third-order valence-electron chi connectivity index (χ3n) is 3.38. The number of para-hydroxylation sites is 1. The topological polar surface area (TPSA) is 98.7 Å². The van der Waals surface area contributed by atoms with Gasteiger partial charge < -0.3 is 21.1 Å². The number of esters is 1. The monoisotopic (exact) mass is 263 g/mol. The molecule has 1 unspecified atom stereocenters. The Morgan fingerprint density at radius 2 is 2.16 bits per heavy atom. The normalized spacial score (nSPS) is 18.4. The van der Waals surface area contributed by atoms with Gasteiger partial charge in [-0.2, -0.15) is 0 Å². The lowest BCUT2D eigenvalue weighted by Gasteiger charge is -2.22. The maximum atomic E-state index is 11.8. The number of benzene rings is 1. The van der Waals surface area contributed by atoms with E-state index < -0.39 is 5.97 Å². The van der Waals surface area contributed by atoms with Crippen LogP contribution in [0.1, 0.15) is 16.8 Å². The third-order valence-corrected chi connectivity index (χ3v) is 3.38. The van der Waals surface area contributed by atoms with E-state index in [2.05, 4.69) is 0 Å². The molecule has 1 aromatic carbocycles. The van der Waals surface area contributed by atoms with E-state index >= 15 is 0 Å². The maximum absolute atomic E-state index is 11.8. The molecule has 1 atom stereocenters. The van der Waals surface area contributed by atoms with Gasteiger partial charge in [-0.1, -0.05) is 6.07 Å². The van der Waals surface area contributed by atoms with E-state index in [1.165, 1.54) is 7.11 Å². The van der Waals surface area contributed by atoms with Crippen LogP contribution in [0.4, 0.5) is 11.4 Å². The number of amides is 1. The summed E-state index contributed by atoms with van der Waals surface area (Å²) in [4.78, 5) is 24.9. The van der Waals surface area contributed by atoms with Crippen molar-refractivity contribution in [3.8, 4) is 0 Å². The first-order valence-corrected chi connectivity index (χ1v) is 6.05. The Kier molecular flexibility index (Phi) is 3.59. The predicted octanol–water partition coefficient (Wildman–Crippen LogP) is 0.367. The van der Waals surface area contributed by atoms with Gasteiger partial charge in [-0.25, -0.2) is 4.79 Å². The van der Waals surface area contributed by atoms with Gasteiger partial charge in [0.05, 0.1) is 30.0 Å². The van der Waals surface area contributed by atoms with Gasteiger partial charge in [0.1, 0.15) is 0 Å². The predicted molar refractivity (Wildman–Crippen MR) is 71.7 cm³/mol. The fourth-order valence-electron chi connectivity index (χ4n) is 2.38. The number of hydrogen-bond acceptors (Lipinski definition) is 5. The molecule has 0 saturated carbocycles. The van der Waals surface area contributed by atoms with Crippen LogP contribution in [-0.4, -0.2) is 32.1 Å². The summed E-state index contributed by atoms with van der Waals surface area (Å²) in [5.74, 6) is -0.966. The number of ether oxygens (including phenoxy) is 1. The fraction of sp³-hybridized carbons (Fsp3) is 0.385. The van der Waals surface area contributed by atoms with Crippen LogP contribution in [0.25, 0.3) is 0 Å². The van der Waals surface area contributed by atoms with E-state index in [0.29, 0.717) is 36.4 Å². The molecule has 102 valence electrons. The van der Waals surface area contributed by atoms with Crippen LogP contribution in [0, 0.1) is 5.92 Å². The molecular formula is C13H17N3O3. The average molecular weight is 263 g/mol. The molecule has 4 N–H and O–H groups in total. The molecular weight excluding hydrogens is 246 g/mol. The second kappa shape index (κ2) is 5.17. The molecule has 1 heterocycles. The Balaban J connectivity index is 2.34. The zero-order valence-corrected chi connectivity index (χ0v) is 10.8. The van der Waals surface area contributed by atoms with Gasteiger partial charge >= 0.3 is 5.97 Å². The Bertz CT molecular complexity index is 516. The summed E-state index contributed by atoms with van der Waals surface area (Å²) >= 11 is 0. The van der Waals surface area contributed by atoms with Crippen molar-refractivity contribution in [3.05, 3.63) is 23.8 Å². The van der Waals surface area contributed by atoms with Crippen LogP contribution in [0.15, 0.2) is 18.2 Å². The maximum Gasteiger partial charge on any atom is 0.340 e. The third kappa shape index (κ3) is 2.47. The molecule has 1 aromatic rings.